The summed E-state index contributed by atoms with van der Waals surface area (Å²) in [5.74, 6) is 0.374. The SMILES string of the molecule is CC1CC(C)N(c2ccc(F)cc2CO)C1. The lowest BCUT2D eigenvalue weighted by atomic mass is 10.1. The Morgan fingerprint density at radius 1 is 1.44 bits per heavy atom. The standard InChI is InChI=1S/C13H18FNO/c1-9-5-10(2)15(7-9)13-4-3-12(14)6-11(13)8-16/h3-4,6,9-10,16H,5,7-8H2,1-2H3. The molecular weight excluding hydrogens is 205 g/mol. The van der Waals surface area contributed by atoms with Gasteiger partial charge < -0.3 is 10.0 Å². The zero-order valence-corrected chi connectivity index (χ0v) is 9.78. The first kappa shape index (κ1) is 11.4. The van der Waals surface area contributed by atoms with Gasteiger partial charge in [-0.3, -0.25) is 0 Å². The molecule has 1 N–H and O–H groups in total. The molecule has 0 aliphatic carbocycles. The van der Waals surface area contributed by atoms with Crippen LogP contribution in [0.3, 0.4) is 0 Å². The number of halogens is 1. The van der Waals surface area contributed by atoms with Gasteiger partial charge in [-0.15, -0.1) is 0 Å². The number of benzene rings is 1. The molecule has 2 rings (SSSR count). The van der Waals surface area contributed by atoms with Gasteiger partial charge in [0.1, 0.15) is 5.82 Å². The number of aliphatic hydroxyl groups is 1. The van der Waals surface area contributed by atoms with Crippen LogP contribution in [0.4, 0.5) is 10.1 Å². The van der Waals surface area contributed by atoms with Crippen molar-refractivity contribution in [2.24, 2.45) is 5.92 Å². The van der Waals surface area contributed by atoms with Crippen molar-refractivity contribution >= 4 is 5.69 Å². The Hall–Kier alpha value is -1.09. The molecule has 0 amide bonds. The Labute approximate surface area is 95.7 Å². The predicted octanol–water partition coefficient (Wildman–Crippen LogP) is 2.55. The summed E-state index contributed by atoms with van der Waals surface area (Å²) in [6.07, 6.45) is 1.16. The third-order valence-electron chi connectivity index (χ3n) is 3.31. The van der Waals surface area contributed by atoms with Crippen LogP contribution in [0.25, 0.3) is 0 Å². The Balaban J connectivity index is 2.32. The van der Waals surface area contributed by atoms with E-state index < -0.39 is 0 Å². The van der Waals surface area contributed by atoms with E-state index in [1.165, 1.54) is 12.1 Å². The highest BCUT2D eigenvalue weighted by atomic mass is 19.1. The molecule has 2 unspecified atom stereocenters. The van der Waals surface area contributed by atoms with Crippen molar-refractivity contribution in [3.63, 3.8) is 0 Å². The summed E-state index contributed by atoms with van der Waals surface area (Å²) in [7, 11) is 0. The summed E-state index contributed by atoms with van der Waals surface area (Å²) in [6, 6.07) is 5.12. The van der Waals surface area contributed by atoms with Crippen LogP contribution in [0.15, 0.2) is 18.2 Å². The van der Waals surface area contributed by atoms with E-state index in [0.29, 0.717) is 17.5 Å². The maximum Gasteiger partial charge on any atom is 0.123 e. The van der Waals surface area contributed by atoms with Crippen LogP contribution in [0.1, 0.15) is 25.8 Å². The summed E-state index contributed by atoms with van der Waals surface area (Å²) in [4.78, 5) is 2.26. The lowest BCUT2D eigenvalue weighted by molar-refractivity contribution is 0.281. The quantitative estimate of drug-likeness (QED) is 0.833. The second kappa shape index (κ2) is 4.42. The molecule has 1 fully saturated rings. The van der Waals surface area contributed by atoms with E-state index in [0.717, 1.165) is 18.7 Å². The molecule has 0 radical (unpaired) electrons. The highest BCUT2D eigenvalue weighted by Crippen LogP contribution is 2.31. The van der Waals surface area contributed by atoms with Crippen LogP contribution >= 0.6 is 0 Å². The fraction of sp³-hybridized carbons (Fsp3) is 0.538. The van der Waals surface area contributed by atoms with Crippen LogP contribution in [-0.2, 0) is 6.61 Å². The average Bonchev–Trinajstić information content (AvgIpc) is 2.57. The van der Waals surface area contributed by atoms with Gasteiger partial charge in [0, 0.05) is 23.8 Å². The molecule has 2 nitrogen and oxygen atoms in total. The van der Waals surface area contributed by atoms with E-state index in [4.69, 9.17) is 0 Å². The molecular formula is C13H18FNO. The summed E-state index contributed by atoms with van der Waals surface area (Å²) in [5.41, 5.74) is 1.65. The van der Waals surface area contributed by atoms with Gasteiger partial charge in [0.25, 0.3) is 0 Å². The second-order valence-corrected chi connectivity index (χ2v) is 4.77. The van der Waals surface area contributed by atoms with Crippen molar-refractivity contribution < 1.29 is 9.50 Å². The first-order valence-corrected chi connectivity index (χ1v) is 5.77. The highest BCUT2D eigenvalue weighted by Gasteiger charge is 2.27. The fourth-order valence-corrected chi connectivity index (χ4v) is 2.60. The van der Waals surface area contributed by atoms with Crippen LogP contribution in [0.5, 0.6) is 0 Å². The lowest BCUT2D eigenvalue weighted by Gasteiger charge is -2.26. The van der Waals surface area contributed by atoms with Crippen molar-refractivity contribution in [1.82, 2.24) is 0 Å². The van der Waals surface area contributed by atoms with Crippen molar-refractivity contribution in [3.05, 3.63) is 29.6 Å². The number of hydrogen-bond donors (Lipinski definition) is 1. The minimum atomic E-state index is -0.285. The fourth-order valence-electron chi connectivity index (χ4n) is 2.60. The molecule has 1 aromatic rings. The van der Waals surface area contributed by atoms with Gasteiger partial charge in [0.15, 0.2) is 0 Å². The van der Waals surface area contributed by atoms with Gasteiger partial charge in [-0.1, -0.05) is 6.92 Å². The van der Waals surface area contributed by atoms with Gasteiger partial charge in [0.2, 0.25) is 0 Å². The van der Waals surface area contributed by atoms with E-state index in [9.17, 15) is 9.50 Å². The number of nitrogens with zero attached hydrogens (tertiary/aromatic N) is 1. The smallest absolute Gasteiger partial charge is 0.123 e. The average molecular weight is 223 g/mol. The molecule has 1 aromatic carbocycles. The normalized spacial score (nSPS) is 25.1. The van der Waals surface area contributed by atoms with Gasteiger partial charge in [-0.25, -0.2) is 4.39 Å². The van der Waals surface area contributed by atoms with Crippen LogP contribution in [-0.4, -0.2) is 17.7 Å². The largest absolute Gasteiger partial charge is 0.392 e. The van der Waals surface area contributed by atoms with Gasteiger partial charge in [-0.05, 0) is 37.5 Å². The highest BCUT2D eigenvalue weighted by molar-refractivity contribution is 5.55. The Kier molecular flexibility index (Phi) is 3.15. The van der Waals surface area contributed by atoms with Crippen molar-refractivity contribution in [2.45, 2.75) is 32.9 Å². The third-order valence-corrected chi connectivity index (χ3v) is 3.31. The predicted molar refractivity (Wildman–Crippen MR) is 62.9 cm³/mol. The molecule has 1 heterocycles. The molecule has 2 atom stereocenters. The maximum absolute atomic E-state index is 13.1. The zero-order chi connectivity index (χ0) is 11.7. The van der Waals surface area contributed by atoms with Crippen LogP contribution < -0.4 is 4.90 Å². The van der Waals surface area contributed by atoms with Crippen molar-refractivity contribution in [1.29, 1.82) is 0 Å². The van der Waals surface area contributed by atoms with Gasteiger partial charge in [-0.2, -0.15) is 0 Å². The molecule has 0 aromatic heterocycles. The lowest BCUT2D eigenvalue weighted by Crippen LogP contribution is -2.27. The molecule has 0 saturated carbocycles. The molecule has 1 saturated heterocycles. The molecule has 16 heavy (non-hydrogen) atoms. The van der Waals surface area contributed by atoms with Crippen LogP contribution in [0.2, 0.25) is 0 Å². The monoisotopic (exact) mass is 223 g/mol. The first-order valence-electron chi connectivity index (χ1n) is 5.77. The summed E-state index contributed by atoms with van der Waals surface area (Å²) < 4.78 is 13.1. The summed E-state index contributed by atoms with van der Waals surface area (Å²) >= 11 is 0. The minimum absolute atomic E-state index is 0.106. The molecule has 88 valence electrons. The number of rotatable bonds is 2. The number of hydrogen-bond acceptors (Lipinski definition) is 2. The minimum Gasteiger partial charge on any atom is -0.392 e. The van der Waals surface area contributed by atoms with Gasteiger partial charge >= 0.3 is 0 Å². The molecule has 0 spiro atoms. The number of anilines is 1. The molecule has 1 aliphatic rings. The molecule has 0 bridgehead atoms. The third kappa shape index (κ3) is 2.05. The number of aliphatic hydroxyl groups excluding tert-OH is 1. The topological polar surface area (TPSA) is 23.5 Å². The Morgan fingerprint density at radius 3 is 2.75 bits per heavy atom. The molecule has 1 aliphatic heterocycles. The Bertz CT molecular complexity index is 380. The summed E-state index contributed by atoms with van der Waals surface area (Å²) in [5, 5.41) is 9.26. The van der Waals surface area contributed by atoms with Crippen molar-refractivity contribution in [3.8, 4) is 0 Å². The van der Waals surface area contributed by atoms with Gasteiger partial charge in [0.05, 0.1) is 6.61 Å². The van der Waals surface area contributed by atoms with E-state index in [1.807, 2.05) is 0 Å². The van der Waals surface area contributed by atoms with E-state index in [2.05, 4.69) is 18.7 Å². The Morgan fingerprint density at radius 2 is 2.19 bits per heavy atom. The molecule has 3 heteroatoms. The van der Waals surface area contributed by atoms with E-state index in [1.54, 1.807) is 6.07 Å². The van der Waals surface area contributed by atoms with Crippen LogP contribution in [0, 0.1) is 11.7 Å². The van der Waals surface area contributed by atoms with E-state index >= 15 is 0 Å². The van der Waals surface area contributed by atoms with Crippen molar-refractivity contribution in [2.75, 3.05) is 11.4 Å². The first-order chi connectivity index (χ1) is 7.61. The second-order valence-electron chi connectivity index (χ2n) is 4.77. The van der Waals surface area contributed by atoms with E-state index in [-0.39, 0.29) is 12.4 Å². The summed E-state index contributed by atoms with van der Waals surface area (Å²) in [6.45, 7) is 5.27. The zero-order valence-electron chi connectivity index (χ0n) is 9.78. The maximum atomic E-state index is 13.1.